The number of nitrogens with one attached hydrogen (secondary N) is 1. The Hall–Kier alpha value is -1.62. The van der Waals surface area contributed by atoms with E-state index in [0.29, 0.717) is 13.1 Å². The molecule has 0 saturated carbocycles. The zero-order valence-corrected chi connectivity index (χ0v) is 9.15. The Bertz CT molecular complexity index is 363. The summed E-state index contributed by atoms with van der Waals surface area (Å²) in [5, 5.41) is 2.84. The van der Waals surface area contributed by atoms with E-state index < -0.39 is 0 Å². The molecule has 0 aromatic carbocycles. The first-order chi connectivity index (χ1) is 7.79. The predicted octanol–water partition coefficient (Wildman–Crippen LogP) is -0.133. The second kappa shape index (κ2) is 4.94. The van der Waals surface area contributed by atoms with Crippen molar-refractivity contribution in [2.75, 3.05) is 24.5 Å². The fourth-order valence-corrected chi connectivity index (χ4v) is 1.73. The lowest BCUT2D eigenvalue weighted by Crippen LogP contribution is -2.33. The van der Waals surface area contributed by atoms with Crippen LogP contribution in [0, 0.1) is 0 Å². The number of nitrogens with zero attached hydrogens (tertiary/aromatic N) is 2. The number of amides is 1. The smallest absolute Gasteiger partial charge is 0.239 e. The molecule has 0 radical (unpaired) electrons. The number of aromatic nitrogens is 1. The lowest BCUT2D eigenvalue weighted by Gasteiger charge is -2.19. The second-order valence-corrected chi connectivity index (χ2v) is 3.85. The molecule has 0 unspecified atom stereocenters. The van der Waals surface area contributed by atoms with Crippen molar-refractivity contribution in [3.8, 4) is 0 Å². The average molecular weight is 220 g/mol. The van der Waals surface area contributed by atoms with E-state index in [4.69, 9.17) is 5.73 Å². The SMILES string of the molecule is NCc1ccc(N2CCCNC(=O)C2)nc1. The quantitative estimate of drug-likeness (QED) is 0.728. The molecular formula is C11H16N4O. The summed E-state index contributed by atoms with van der Waals surface area (Å²) in [4.78, 5) is 17.7. The van der Waals surface area contributed by atoms with E-state index in [0.717, 1.165) is 30.9 Å². The Morgan fingerprint density at radius 1 is 1.50 bits per heavy atom. The first-order valence-electron chi connectivity index (χ1n) is 5.46. The van der Waals surface area contributed by atoms with Gasteiger partial charge in [0, 0.05) is 25.8 Å². The van der Waals surface area contributed by atoms with Gasteiger partial charge < -0.3 is 16.0 Å². The minimum atomic E-state index is 0.0576. The Kier molecular flexibility index (Phi) is 3.36. The molecule has 1 aromatic rings. The van der Waals surface area contributed by atoms with Crippen LogP contribution in [0.1, 0.15) is 12.0 Å². The molecule has 1 saturated heterocycles. The average Bonchev–Trinajstić information content (AvgIpc) is 2.54. The van der Waals surface area contributed by atoms with Crippen LogP contribution in [0.3, 0.4) is 0 Å². The fraction of sp³-hybridized carbons (Fsp3) is 0.455. The molecule has 1 amide bonds. The van der Waals surface area contributed by atoms with E-state index in [1.54, 1.807) is 6.20 Å². The molecule has 1 aliphatic rings. The fourth-order valence-electron chi connectivity index (χ4n) is 1.73. The highest BCUT2D eigenvalue weighted by Gasteiger charge is 2.15. The summed E-state index contributed by atoms with van der Waals surface area (Å²) >= 11 is 0. The zero-order valence-electron chi connectivity index (χ0n) is 9.15. The summed E-state index contributed by atoms with van der Waals surface area (Å²) < 4.78 is 0. The highest BCUT2D eigenvalue weighted by molar-refractivity contribution is 5.81. The third kappa shape index (κ3) is 2.49. The van der Waals surface area contributed by atoms with E-state index in [1.165, 1.54) is 0 Å². The highest BCUT2D eigenvalue weighted by atomic mass is 16.2. The number of anilines is 1. The van der Waals surface area contributed by atoms with Crippen LogP contribution in [0.25, 0.3) is 0 Å². The van der Waals surface area contributed by atoms with Crippen LogP contribution in [0.5, 0.6) is 0 Å². The van der Waals surface area contributed by atoms with Crippen molar-refractivity contribution in [2.45, 2.75) is 13.0 Å². The van der Waals surface area contributed by atoms with E-state index in [-0.39, 0.29) is 5.91 Å². The topological polar surface area (TPSA) is 71.2 Å². The third-order valence-corrected chi connectivity index (χ3v) is 2.63. The van der Waals surface area contributed by atoms with Crippen LogP contribution in [0.4, 0.5) is 5.82 Å². The number of carbonyl (C=O) groups excluding carboxylic acids is 1. The summed E-state index contributed by atoms with van der Waals surface area (Å²) in [5.74, 6) is 0.899. The van der Waals surface area contributed by atoms with Crippen molar-refractivity contribution in [1.29, 1.82) is 0 Å². The van der Waals surface area contributed by atoms with Crippen LogP contribution in [0.15, 0.2) is 18.3 Å². The first-order valence-corrected chi connectivity index (χ1v) is 5.46. The number of hydrogen-bond donors (Lipinski definition) is 2. The molecule has 3 N–H and O–H groups in total. The van der Waals surface area contributed by atoms with Gasteiger partial charge in [-0.3, -0.25) is 4.79 Å². The van der Waals surface area contributed by atoms with Crippen LogP contribution in [-0.4, -0.2) is 30.5 Å². The van der Waals surface area contributed by atoms with E-state index >= 15 is 0 Å². The van der Waals surface area contributed by atoms with Gasteiger partial charge in [0.15, 0.2) is 0 Å². The number of nitrogens with two attached hydrogens (primary N) is 1. The highest BCUT2D eigenvalue weighted by Crippen LogP contribution is 2.12. The lowest BCUT2D eigenvalue weighted by molar-refractivity contribution is -0.119. The van der Waals surface area contributed by atoms with E-state index in [2.05, 4.69) is 10.3 Å². The maximum Gasteiger partial charge on any atom is 0.239 e. The summed E-state index contributed by atoms with van der Waals surface area (Å²) in [6, 6.07) is 3.87. The number of pyridine rings is 1. The van der Waals surface area contributed by atoms with Gasteiger partial charge in [0.05, 0.1) is 6.54 Å². The summed E-state index contributed by atoms with van der Waals surface area (Å²) in [5.41, 5.74) is 6.51. The van der Waals surface area contributed by atoms with Crippen molar-refractivity contribution in [1.82, 2.24) is 10.3 Å². The van der Waals surface area contributed by atoms with Crippen molar-refractivity contribution < 1.29 is 4.79 Å². The Morgan fingerprint density at radius 3 is 3.06 bits per heavy atom. The van der Waals surface area contributed by atoms with Crippen molar-refractivity contribution in [2.24, 2.45) is 5.73 Å². The van der Waals surface area contributed by atoms with E-state index in [1.807, 2.05) is 17.0 Å². The monoisotopic (exact) mass is 220 g/mol. The molecule has 0 aliphatic carbocycles. The minimum Gasteiger partial charge on any atom is -0.354 e. The Balaban J connectivity index is 2.12. The molecule has 0 bridgehead atoms. The van der Waals surface area contributed by atoms with Crippen LogP contribution < -0.4 is 16.0 Å². The number of hydrogen-bond acceptors (Lipinski definition) is 4. The third-order valence-electron chi connectivity index (χ3n) is 2.63. The first kappa shape index (κ1) is 10.9. The van der Waals surface area contributed by atoms with Gasteiger partial charge in [-0.25, -0.2) is 4.98 Å². The normalized spacial score (nSPS) is 16.8. The van der Waals surface area contributed by atoms with Gasteiger partial charge in [-0.1, -0.05) is 6.07 Å². The second-order valence-electron chi connectivity index (χ2n) is 3.85. The van der Waals surface area contributed by atoms with Crippen LogP contribution >= 0.6 is 0 Å². The number of rotatable bonds is 2. The summed E-state index contributed by atoms with van der Waals surface area (Å²) in [6.07, 6.45) is 2.71. The standard InChI is InChI=1S/C11H16N4O/c12-6-9-2-3-10(14-7-9)15-5-1-4-13-11(16)8-15/h2-3,7H,1,4-6,8,12H2,(H,13,16). The van der Waals surface area contributed by atoms with Gasteiger partial charge in [-0.15, -0.1) is 0 Å². The molecule has 5 heteroatoms. The molecule has 2 rings (SSSR count). The van der Waals surface area contributed by atoms with Gasteiger partial charge in [-0.2, -0.15) is 0 Å². The number of carbonyl (C=O) groups is 1. The molecule has 5 nitrogen and oxygen atoms in total. The molecule has 1 fully saturated rings. The van der Waals surface area contributed by atoms with Crippen molar-refractivity contribution >= 4 is 11.7 Å². The van der Waals surface area contributed by atoms with Gasteiger partial charge >= 0.3 is 0 Å². The lowest BCUT2D eigenvalue weighted by atomic mass is 10.3. The van der Waals surface area contributed by atoms with Gasteiger partial charge in [-0.05, 0) is 18.1 Å². The zero-order chi connectivity index (χ0) is 11.4. The molecule has 0 spiro atoms. The molecule has 1 aromatic heterocycles. The molecule has 1 aliphatic heterocycles. The molecule has 86 valence electrons. The predicted molar refractivity (Wildman–Crippen MR) is 62.0 cm³/mol. The molecule has 0 atom stereocenters. The van der Waals surface area contributed by atoms with Gasteiger partial charge in [0.1, 0.15) is 5.82 Å². The summed E-state index contributed by atoms with van der Waals surface area (Å²) in [6.45, 7) is 2.48. The minimum absolute atomic E-state index is 0.0576. The van der Waals surface area contributed by atoms with Crippen molar-refractivity contribution in [3.63, 3.8) is 0 Å². The summed E-state index contributed by atoms with van der Waals surface area (Å²) in [7, 11) is 0. The largest absolute Gasteiger partial charge is 0.354 e. The van der Waals surface area contributed by atoms with E-state index in [9.17, 15) is 4.79 Å². The maximum absolute atomic E-state index is 11.4. The van der Waals surface area contributed by atoms with Gasteiger partial charge in [0.25, 0.3) is 0 Å². The molecular weight excluding hydrogens is 204 g/mol. The molecule has 2 heterocycles. The van der Waals surface area contributed by atoms with Crippen LogP contribution in [0.2, 0.25) is 0 Å². The molecule has 16 heavy (non-hydrogen) atoms. The Labute approximate surface area is 94.6 Å². The van der Waals surface area contributed by atoms with Gasteiger partial charge in [0.2, 0.25) is 5.91 Å². The van der Waals surface area contributed by atoms with Crippen LogP contribution in [-0.2, 0) is 11.3 Å². The Morgan fingerprint density at radius 2 is 2.38 bits per heavy atom. The maximum atomic E-state index is 11.4. The van der Waals surface area contributed by atoms with Crippen molar-refractivity contribution in [3.05, 3.63) is 23.9 Å².